The first-order valence-corrected chi connectivity index (χ1v) is 7.18. The standard InChI is InChI=1S/C15H23N3O2/c1-3-12-8-11(9-13(16)17-12)14(19)18(2)10-15(20)6-4-5-7-15/h8-9,20H,3-7,10H2,1-2H3,(H2,16,17). The molecule has 1 saturated carbocycles. The van der Waals surface area contributed by atoms with Crippen LogP contribution in [0.25, 0.3) is 0 Å². The van der Waals surface area contributed by atoms with E-state index >= 15 is 0 Å². The van der Waals surface area contributed by atoms with Gasteiger partial charge in [0, 0.05) is 24.8 Å². The Hall–Kier alpha value is -1.62. The first-order valence-electron chi connectivity index (χ1n) is 7.18. The van der Waals surface area contributed by atoms with Crippen LogP contribution >= 0.6 is 0 Å². The van der Waals surface area contributed by atoms with Crippen molar-refractivity contribution >= 4 is 11.7 Å². The topological polar surface area (TPSA) is 79.5 Å². The molecule has 0 radical (unpaired) electrons. The smallest absolute Gasteiger partial charge is 0.253 e. The van der Waals surface area contributed by atoms with E-state index < -0.39 is 5.60 Å². The summed E-state index contributed by atoms with van der Waals surface area (Å²) in [5.41, 5.74) is 6.35. The second-order valence-electron chi connectivity index (χ2n) is 5.72. The molecule has 0 aliphatic heterocycles. The maximum absolute atomic E-state index is 12.4. The van der Waals surface area contributed by atoms with Crippen molar-refractivity contribution < 1.29 is 9.90 Å². The normalized spacial score (nSPS) is 17.1. The molecule has 0 aromatic carbocycles. The van der Waals surface area contributed by atoms with Crippen molar-refractivity contribution in [2.45, 2.75) is 44.6 Å². The molecule has 1 aromatic rings. The summed E-state index contributed by atoms with van der Waals surface area (Å²) in [5, 5.41) is 10.4. The number of hydrogen-bond donors (Lipinski definition) is 2. The van der Waals surface area contributed by atoms with Gasteiger partial charge in [-0.1, -0.05) is 19.8 Å². The molecule has 20 heavy (non-hydrogen) atoms. The number of aromatic nitrogens is 1. The van der Waals surface area contributed by atoms with Gasteiger partial charge in [-0.05, 0) is 31.4 Å². The van der Waals surface area contributed by atoms with Gasteiger partial charge in [0.1, 0.15) is 5.82 Å². The van der Waals surface area contributed by atoms with Crippen LogP contribution in [-0.2, 0) is 6.42 Å². The summed E-state index contributed by atoms with van der Waals surface area (Å²) in [5.74, 6) is 0.245. The second-order valence-corrected chi connectivity index (χ2v) is 5.72. The lowest BCUT2D eigenvalue weighted by atomic mass is 10.0. The fraction of sp³-hybridized carbons (Fsp3) is 0.600. The van der Waals surface area contributed by atoms with Gasteiger partial charge in [0.25, 0.3) is 5.91 Å². The zero-order valence-corrected chi connectivity index (χ0v) is 12.2. The Labute approximate surface area is 119 Å². The summed E-state index contributed by atoms with van der Waals surface area (Å²) in [6.07, 6.45) is 4.33. The number of aryl methyl sites for hydroxylation is 1. The molecule has 1 aliphatic carbocycles. The molecule has 110 valence electrons. The summed E-state index contributed by atoms with van der Waals surface area (Å²) in [6, 6.07) is 3.37. The molecule has 0 bridgehead atoms. The van der Waals surface area contributed by atoms with E-state index in [1.54, 1.807) is 24.1 Å². The third-order valence-corrected chi connectivity index (χ3v) is 3.92. The summed E-state index contributed by atoms with van der Waals surface area (Å²) in [7, 11) is 1.72. The molecular weight excluding hydrogens is 254 g/mol. The quantitative estimate of drug-likeness (QED) is 0.876. The van der Waals surface area contributed by atoms with Crippen LogP contribution < -0.4 is 5.73 Å². The number of nitrogens with two attached hydrogens (primary N) is 1. The fourth-order valence-electron chi connectivity index (χ4n) is 2.84. The first kappa shape index (κ1) is 14.8. The number of likely N-dealkylation sites (N-methyl/N-ethyl adjacent to an activating group) is 1. The molecular formula is C15H23N3O2. The van der Waals surface area contributed by atoms with Crippen molar-refractivity contribution in [2.24, 2.45) is 0 Å². The SMILES string of the molecule is CCc1cc(C(=O)N(C)CC2(O)CCCC2)cc(N)n1. The van der Waals surface area contributed by atoms with Crippen LogP contribution in [0, 0.1) is 0 Å². The van der Waals surface area contributed by atoms with Gasteiger partial charge in [-0.3, -0.25) is 4.79 Å². The van der Waals surface area contributed by atoms with Gasteiger partial charge < -0.3 is 15.7 Å². The van der Waals surface area contributed by atoms with Gasteiger partial charge >= 0.3 is 0 Å². The Morgan fingerprint density at radius 3 is 2.70 bits per heavy atom. The van der Waals surface area contributed by atoms with Crippen LogP contribution in [0.15, 0.2) is 12.1 Å². The Kier molecular flexibility index (Phi) is 4.28. The van der Waals surface area contributed by atoms with Crippen molar-refractivity contribution in [1.82, 2.24) is 9.88 Å². The number of hydrogen-bond acceptors (Lipinski definition) is 4. The van der Waals surface area contributed by atoms with E-state index in [0.717, 1.165) is 37.8 Å². The summed E-state index contributed by atoms with van der Waals surface area (Å²) in [6.45, 7) is 2.34. The monoisotopic (exact) mass is 277 g/mol. The fourth-order valence-corrected chi connectivity index (χ4v) is 2.84. The van der Waals surface area contributed by atoms with Gasteiger partial charge in [0.15, 0.2) is 0 Å². The van der Waals surface area contributed by atoms with Crippen LogP contribution in [0.5, 0.6) is 0 Å². The average molecular weight is 277 g/mol. The van der Waals surface area contributed by atoms with Crippen LogP contribution in [0.2, 0.25) is 0 Å². The van der Waals surface area contributed by atoms with Gasteiger partial charge in [-0.15, -0.1) is 0 Å². The molecule has 0 saturated heterocycles. The highest BCUT2D eigenvalue weighted by Crippen LogP contribution is 2.30. The van der Waals surface area contributed by atoms with Crippen molar-refractivity contribution in [1.29, 1.82) is 0 Å². The number of rotatable bonds is 4. The largest absolute Gasteiger partial charge is 0.388 e. The summed E-state index contributed by atoms with van der Waals surface area (Å²) in [4.78, 5) is 18.2. The Bertz CT molecular complexity index is 496. The predicted octanol–water partition coefficient (Wildman–Crippen LogP) is 1.60. The lowest BCUT2D eigenvalue weighted by Gasteiger charge is -2.28. The maximum Gasteiger partial charge on any atom is 0.253 e. The number of nitrogens with zero attached hydrogens (tertiary/aromatic N) is 2. The number of carbonyl (C=O) groups excluding carboxylic acids is 1. The van der Waals surface area contributed by atoms with E-state index in [4.69, 9.17) is 5.73 Å². The number of carbonyl (C=O) groups is 1. The van der Waals surface area contributed by atoms with Gasteiger partial charge in [-0.25, -0.2) is 4.98 Å². The second kappa shape index (κ2) is 5.79. The molecule has 1 aliphatic rings. The number of aliphatic hydroxyl groups is 1. The number of anilines is 1. The van der Waals surface area contributed by atoms with Crippen LogP contribution in [0.3, 0.4) is 0 Å². The Morgan fingerprint density at radius 1 is 1.45 bits per heavy atom. The zero-order valence-electron chi connectivity index (χ0n) is 12.2. The third-order valence-electron chi connectivity index (χ3n) is 3.92. The van der Waals surface area contributed by atoms with Crippen molar-refractivity contribution in [3.05, 3.63) is 23.4 Å². The Morgan fingerprint density at radius 2 is 2.10 bits per heavy atom. The molecule has 1 aromatic heterocycles. The van der Waals surface area contributed by atoms with E-state index in [0.29, 0.717) is 17.9 Å². The minimum Gasteiger partial charge on any atom is -0.388 e. The van der Waals surface area contributed by atoms with Crippen molar-refractivity contribution in [3.8, 4) is 0 Å². The first-order chi connectivity index (χ1) is 9.43. The average Bonchev–Trinajstić information content (AvgIpc) is 2.83. The number of amides is 1. The van der Waals surface area contributed by atoms with Gasteiger partial charge in [0.2, 0.25) is 0 Å². The van der Waals surface area contributed by atoms with Gasteiger partial charge in [-0.2, -0.15) is 0 Å². The molecule has 1 fully saturated rings. The molecule has 0 spiro atoms. The third kappa shape index (κ3) is 3.28. The summed E-state index contributed by atoms with van der Waals surface area (Å²) < 4.78 is 0. The molecule has 0 atom stereocenters. The minimum atomic E-state index is -0.726. The van der Waals surface area contributed by atoms with E-state index in [1.165, 1.54) is 0 Å². The molecule has 2 rings (SSSR count). The van der Waals surface area contributed by atoms with E-state index in [9.17, 15) is 9.90 Å². The van der Waals surface area contributed by atoms with Gasteiger partial charge in [0.05, 0.1) is 5.60 Å². The van der Waals surface area contributed by atoms with E-state index in [2.05, 4.69) is 4.98 Å². The Balaban J connectivity index is 2.12. The van der Waals surface area contributed by atoms with Crippen LogP contribution in [0.1, 0.15) is 48.7 Å². The van der Waals surface area contributed by atoms with E-state index in [-0.39, 0.29) is 5.91 Å². The van der Waals surface area contributed by atoms with E-state index in [1.807, 2.05) is 6.92 Å². The molecule has 0 unspecified atom stereocenters. The van der Waals surface area contributed by atoms with Crippen molar-refractivity contribution in [2.75, 3.05) is 19.3 Å². The molecule has 3 N–H and O–H groups in total. The number of nitrogen functional groups attached to an aromatic ring is 1. The van der Waals surface area contributed by atoms with Crippen molar-refractivity contribution in [3.63, 3.8) is 0 Å². The zero-order chi connectivity index (χ0) is 14.8. The number of pyridine rings is 1. The molecule has 1 heterocycles. The summed E-state index contributed by atoms with van der Waals surface area (Å²) >= 11 is 0. The highest BCUT2D eigenvalue weighted by molar-refractivity contribution is 5.94. The minimum absolute atomic E-state index is 0.117. The van der Waals surface area contributed by atoms with Crippen LogP contribution in [-0.4, -0.2) is 40.1 Å². The molecule has 1 amide bonds. The molecule has 5 nitrogen and oxygen atoms in total. The van der Waals surface area contributed by atoms with Crippen LogP contribution in [0.4, 0.5) is 5.82 Å². The lowest BCUT2D eigenvalue weighted by molar-refractivity contribution is 0.0157. The maximum atomic E-state index is 12.4. The predicted molar refractivity (Wildman–Crippen MR) is 78.4 cm³/mol. The highest BCUT2D eigenvalue weighted by atomic mass is 16.3. The molecule has 5 heteroatoms. The lowest BCUT2D eigenvalue weighted by Crippen LogP contribution is -2.42. The highest BCUT2D eigenvalue weighted by Gasteiger charge is 2.33.